The van der Waals surface area contributed by atoms with Gasteiger partial charge in [0, 0.05) is 0 Å². The molecule has 0 saturated heterocycles. The van der Waals surface area contributed by atoms with Crippen molar-refractivity contribution in [2.45, 2.75) is 32.9 Å². The zero-order valence-electron chi connectivity index (χ0n) is 8.29. The Hall–Kier alpha value is -0.0900. The maximum atomic E-state index is 11.4. The number of sulfone groups is 1. The molecule has 0 fully saturated rings. The van der Waals surface area contributed by atoms with Gasteiger partial charge in [0.25, 0.3) is 0 Å². The molecule has 0 aromatic rings. The highest BCUT2D eigenvalue weighted by atomic mass is 32.2. The molecule has 3 nitrogen and oxygen atoms in total. The van der Waals surface area contributed by atoms with E-state index in [1.54, 1.807) is 13.8 Å². The molecule has 0 aliphatic carbocycles. The minimum Gasteiger partial charge on any atom is -0.330 e. The van der Waals surface area contributed by atoms with Crippen molar-refractivity contribution < 1.29 is 8.42 Å². The Morgan fingerprint density at radius 2 is 1.75 bits per heavy atom. The second-order valence-electron chi connectivity index (χ2n) is 4.22. The van der Waals surface area contributed by atoms with Crippen LogP contribution >= 0.6 is 0 Å². The number of hydrogen-bond acceptors (Lipinski definition) is 3. The smallest absolute Gasteiger partial charge is 0.153 e. The van der Waals surface area contributed by atoms with Gasteiger partial charge in [0.15, 0.2) is 9.84 Å². The van der Waals surface area contributed by atoms with Crippen LogP contribution in [0, 0.1) is 5.41 Å². The topological polar surface area (TPSA) is 60.2 Å². The first kappa shape index (κ1) is 11.9. The molecule has 0 atom stereocenters. The van der Waals surface area contributed by atoms with Gasteiger partial charge in [-0.3, -0.25) is 0 Å². The van der Waals surface area contributed by atoms with Gasteiger partial charge in [-0.15, -0.1) is 0 Å². The summed E-state index contributed by atoms with van der Waals surface area (Å²) in [5.74, 6) is 0.175. The Balaban J connectivity index is 4.47. The molecule has 0 spiro atoms. The van der Waals surface area contributed by atoms with Crippen molar-refractivity contribution in [3.05, 3.63) is 0 Å². The van der Waals surface area contributed by atoms with Crippen molar-refractivity contribution in [2.75, 3.05) is 12.3 Å². The summed E-state index contributed by atoms with van der Waals surface area (Å²) in [4.78, 5) is 0. The van der Waals surface area contributed by atoms with Crippen LogP contribution in [0.5, 0.6) is 0 Å². The quantitative estimate of drug-likeness (QED) is 0.718. The van der Waals surface area contributed by atoms with E-state index in [4.69, 9.17) is 5.73 Å². The summed E-state index contributed by atoms with van der Waals surface area (Å²) in [6, 6.07) is 0. The SMILES string of the molecule is CC(C)S(=O)(=O)CC(C)(C)CN. The van der Waals surface area contributed by atoms with E-state index in [9.17, 15) is 8.42 Å². The average Bonchev–Trinajstić information content (AvgIpc) is 1.85. The van der Waals surface area contributed by atoms with Gasteiger partial charge in [-0.25, -0.2) is 8.42 Å². The Morgan fingerprint density at radius 3 is 2.00 bits per heavy atom. The van der Waals surface area contributed by atoms with Crippen molar-refractivity contribution in [3.63, 3.8) is 0 Å². The van der Waals surface area contributed by atoms with Crippen LogP contribution in [0.2, 0.25) is 0 Å². The van der Waals surface area contributed by atoms with Gasteiger partial charge >= 0.3 is 0 Å². The molecule has 0 saturated carbocycles. The van der Waals surface area contributed by atoms with E-state index in [0.717, 1.165) is 0 Å². The van der Waals surface area contributed by atoms with Crippen LogP contribution in [0.25, 0.3) is 0 Å². The summed E-state index contributed by atoms with van der Waals surface area (Å²) >= 11 is 0. The van der Waals surface area contributed by atoms with E-state index in [1.807, 2.05) is 13.8 Å². The lowest BCUT2D eigenvalue weighted by molar-refractivity contribution is 0.423. The monoisotopic (exact) mass is 193 g/mol. The fraction of sp³-hybridized carbons (Fsp3) is 1.00. The fourth-order valence-electron chi connectivity index (χ4n) is 0.770. The van der Waals surface area contributed by atoms with E-state index in [1.165, 1.54) is 0 Å². The van der Waals surface area contributed by atoms with Gasteiger partial charge in [0.05, 0.1) is 11.0 Å². The molecule has 0 aliphatic heterocycles. The van der Waals surface area contributed by atoms with Crippen LogP contribution < -0.4 is 5.73 Å². The Labute approximate surface area is 75.3 Å². The summed E-state index contributed by atoms with van der Waals surface area (Å²) < 4.78 is 22.9. The van der Waals surface area contributed by atoms with Crippen LogP contribution in [0.4, 0.5) is 0 Å². The molecule has 0 amide bonds. The molecular weight excluding hydrogens is 174 g/mol. The summed E-state index contributed by atoms with van der Waals surface area (Å²) in [7, 11) is -2.95. The highest BCUT2D eigenvalue weighted by molar-refractivity contribution is 7.92. The van der Waals surface area contributed by atoms with E-state index in [2.05, 4.69) is 0 Å². The van der Waals surface area contributed by atoms with Gasteiger partial charge in [0.2, 0.25) is 0 Å². The molecule has 0 heterocycles. The lowest BCUT2D eigenvalue weighted by Gasteiger charge is -2.23. The fourth-order valence-corrected chi connectivity index (χ4v) is 2.31. The predicted molar refractivity (Wildman–Crippen MR) is 51.8 cm³/mol. The molecule has 4 heteroatoms. The van der Waals surface area contributed by atoms with Crippen molar-refractivity contribution >= 4 is 9.84 Å². The third-order valence-electron chi connectivity index (χ3n) is 1.86. The van der Waals surface area contributed by atoms with Gasteiger partial charge in [-0.1, -0.05) is 13.8 Å². The third kappa shape index (κ3) is 3.54. The zero-order valence-corrected chi connectivity index (χ0v) is 9.11. The van der Waals surface area contributed by atoms with Crippen LogP contribution in [0.1, 0.15) is 27.7 Å². The van der Waals surface area contributed by atoms with E-state index >= 15 is 0 Å². The standard InChI is InChI=1S/C8H19NO2S/c1-7(2)12(10,11)6-8(3,4)5-9/h7H,5-6,9H2,1-4H3. The normalized spacial score (nSPS) is 13.8. The van der Waals surface area contributed by atoms with Crippen LogP contribution in [-0.2, 0) is 9.84 Å². The highest BCUT2D eigenvalue weighted by Crippen LogP contribution is 2.18. The molecule has 0 rings (SSSR count). The molecule has 0 unspecified atom stereocenters. The minimum atomic E-state index is -2.95. The Bertz CT molecular complexity index is 229. The van der Waals surface area contributed by atoms with Crippen molar-refractivity contribution in [1.29, 1.82) is 0 Å². The lowest BCUT2D eigenvalue weighted by Crippen LogP contribution is -2.34. The molecule has 0 radical (unpaired) electrons. The van der Waals surface area contributed by atoms with Crippen LogP contribution in [0.15, 0.2) is 0 Å². The van der Waals surface area contributed by atoms with Crippen molar-refractivity contribution in [3.8, 4) is 0 Å². The maximum Gasteiger partial charge on any atom is 0.153 e. The average molecular weight is 193 g/mol. The van der Waals surface area contributed by atoms with Crippen LogP contribution in [0.3, 0.4) is 0 Å². The second-order valence-corrected chi connectivity index (χ2v) is 6.78. The number of hydrogen-bond donors (Lipinski definition) is 1. The maximum absolute atomic E-state index is 11.4. The summed E-state index contributed by atoms with van der Waals surface area (Å²) in [5, 5.41) is -0.302. The molecule has 0 aliphatic rings. The van der Waals surface area contributed by atoms with E-state index in [0.29, 0.717) is 6.54 Å². The molecule has 12 heavy (non-hydrogen) atoms. The van der Waals surface area contributed by atoms with Gasteiger partial charge in [-0.2, -0.15) is 0 Å². The largest absolute Gasteiger partial charge is 0.330 e. The van der Waals surface area contributed by atoms with E-state index in [-0.39, 0.29) is 16.4 Å². The first-order valence-electron chi connectivity index (χ1n) is 4.13. The molecule has 0 aromatic carbocycles. The van der Waals surface area contributed by atoms with Gasteiger partial charge in [0.1, 0.15) is 0 Å². The first-order valence-corrected chi connectivity index (χ1v) is 5.84. The predicted octanol–water partition coefficient (Wildman–Crippen LogP) is 0.794. The molecular formula is C8H19NO2S. The van der Waals surface area contributed by atoms with Gasteiger partial charge < -0.3 is 5.73 Å². The zero-order chi connectivity index (χ0) is 9.99. The minimum absolute atomic E-state index is 0.175. The van der Waals surface area contributed by atoms with Gasteiger partial charge in [-0.05, 0) is 25.8 Å². The van der Waals surface area contributed by atoms with Crippen molar-refractivity contribution in [2.24, 2.45) is 11.1 Å². The number of nitrogens with two attached hydrogens (primary N) is 1. The van der Waals surface area contributed by atoms with Crippen molar-refractivity contribution in [1.82, 2.24) is 0 Å². The molecule has 2 N–H and O–H groups in total. The first-order chi connectivity index (χ1) is 5.21. The summed E-state index contributed by atoms with van der Waals surface area (Å²) in [6.45, 7) is 7.53. The molecule has 0 aromatic heterocycles. The summed E-state index contributed by atoms with van der Waals surface area (Å²) in [5.41, 5.74) is 5.15. The van der Waals surface area contributed by atoms with Crippen LogP contribution in [-0.4, -0.2) is 26.0 Å². The Morgan fingerprint density at radius 1 is 1.33 bits per heavy atom. The molecule has 74 valence electrons. The highest BCUT2D eigenvalue weighted by Gasteiger charge is 2.26. The molecule has 0 bridgehead atoms. The number of rotatable bonds is 4. The summed E-state index contributed by atoms with van der Waals surface area (Å²) in [6.07, 6.45) is 0. The second kappa shape index (κ2) is 3.75. The van der Waals surface area contributed by atoms with E-state index < -0.39 is 9.84 Å². The third-order valence-corrected chi connectivity index (χ3v) is 4.48. The lowest BCUT2D eigenvalue weighted by atomic mass is 9.97. The Kier molecular flexibility index (Phi) is 3.72.